The second-order valence-electron chi connectivity index (χ2n) is 0.707. The average Bonchev–Trinajstić information content (AvgIpc) is 1.37. The SMILES string of the molecule is [CH2-]CC[CH2-].[Zn+2]. The minimum absolute atomic E-state index is 0. The number of hydrogen-bond acceptors (Lipinski definition) is 0. The molecule has 0 spiro atoms. The van der Waals surface area contributed by atoms with Gasteiger partial charge in [-0.05, 0) is 0 Å². The van der Waals surface area contributed by atoms with E-state index in [4.69, 9.17) is 0 Å². The predicted octanol–water partition coefficient (Wildman–Crippen LogP) is 1.43. The van der Waals surface area contributed by atoms with E-state index in [0.717, 1.165) is 12.8 Å². The summed E-state index contributed by atoms with van der Waals surface area (Å²) in [6.45, 7) is 7.08. The van der Waals surface area contributed by atoms with Crippen molar-refractivity contribution in [3.63, 3.8) is 0 Å². The molecule has 0 heterocycles. The van der Waals surface area contributed by atoms with Gasteiger partial charge in [0.2, 0.25) is 0 Å². The van der Waals surface area contributed by atoms with Crippen LogP contribution in [0, 0.1) is 13.8 Å². The predicted molar refractivity (Wildman–Crippen MR) is 19.9 cm³/mol. The summed E-state index contributed by atoms with van der Waals surface area (Å²) in [4.78, 5) is 0. The topological polar surface area (TPSA) is 0 Å². The summed E-state index contributed by atoms with van der Waals surface area (Å²) in [7, 11) is 0. The molecule has 0 aliphatic carbocycles. The van der Waals surface area contributed by atoms with Gasteiger partial charge in [0.15, 0.2) is 0 Å². The van der Waals surface area contributed by atoms with E-state index in [1.807, 2.05) is 0 Å². The molecule has 0 radical (unpaired) electrons. The molecule has 5 heavy (non-hydrogen) atoms. The van der Waals surface area contributed by atoms with Gasteiger partial charge in [-0.25, -0.2) is 12.8 Å². The standard InChI is InChI=1S/C4H8.Zn/c1-3-4-2;/h1-4H2;/q-2;+2. The summed E-state index contributed by atoms with van der Waals surface area (Å²) in [5.74, 6) is 0. The van der Waals surface area contributed by atoms with Crippen molar-refractivity contribution in [2.24, 2.45) is 0 Å². The normalized spacial score (nSPS) is 6.00. The quantitative estimate of drug-likeness (QED) is 0.364. The van der Waals surface area contributed by atoms with Gasteiger partial charge in [0, 0.05) is 0 Å². The summed E-state index contributed by atoms with van der Waals surface area (Å²) in [6, 6.07) is 0. The van der Waals surface area contributed by atoms with Crippen LogP contribution in [0.2, 0.25) is 0 Å². The van der Waals surface area contributed by atoms with E-state index in [1.165, 1.54) is 0 Å². The first-order valence-electron chi connectivity index (χ1n) is 1.50. The Morgan fingerprint density at radius 1 is 1.00 bits per heavy atom. The zero-order valence-electron chi connectivity index (χ0n) is 3.54. The second-order valence-corrected chi connectivity index (χ2v) is 0.707. The van der Waals surface area contributed by atoms with E-state index >= 15 is 0 Å². The van der Waals surface area contributed by atoms with E-state index in [2.05, 4.69) is 13.8 Å². The molecule has 26 valence electrons. The van der Waals surface area contributed by atoms with Crippen LogP contribution in [0.3, 0.4) is 0 Å². The molecular weight excluding hydrogens is 113 g/mol. The third-order valence-corrected chi connectivity index (χ3v) is 0.250. The van der Waals surface area contributed by atoms with Gasteiger partial charge in [0.25, 0.3) is 0 Å². The molecular formula is C4H8Zn. The molecule has 0 aromatic rings. The summed E-state index contributed by atoms with van der Waals surface area (Å²) in [5, 5.41) is 0. The van der Waals surface area contributed by atoms with Gasteiger partial charge in [-0.2, -0.15) is 0 Å². The molecule has 0 amide bonds. The van der Waals surface area contributed by atoms with Crippen molar-refractivity contribution in [2.45, 2.75) is 12.8 Å². The van der Waals surface area contributed by atoms with Crippen molar-refractivity contribution in [2.75, 3.05) is 0 Å². The summed E-state index contributed by atoms with van der Waals surface area (Å²) < 4.78 is 0. The van der Waals surface area contributed by atoms with Crippen molar-refractivity contribution in [3.8, 4) is 0 Å². The molecule has 0 N–H and O–H groups in total. The second kappa shape index (κ2) is 8.82. The monoisotopic (exact) mass is 120 g/mol. The minimum Gasteiger partial charge on any atom is -0.346 e. The van der Waals surface area contributed by atoms with Crippen LogP contribution in [0.15, 0.2) is 0 Å². The molecule has 0 bridgehead atoms. The molecule has 0 aliphatic rings. The average molecular weight is 121 g/mol. The molecule has 0 aliphatic heterocycles. The molecule has 0 aromatic heterocycles. The van der Waals surface area contributed by atoms with Gasteiger partial charge in [-0.15, -0.1) is 0 Å². The Kier molecular flexibility index (Phi) is 16.2. The molecule has 0 aromatic carbocycles. The van der Waals surface area contributed by atoms with Crippen molar-refractivity contribution in [3.05, 3.63) is 13.8 Å². The third-order valence-electron chi connectivity index (χ3n) is 0.250. The van der Waals surface area contributed by atoms with Gasteiger partial charge in [-0.3, -0.25) is 0 Å². The van der Waals surface area contributed by atoms with Gasteiger partial charge < -0.3 is 13.8 Å². The van der Waals surface area contributed by atoms with Gasteiger partial charge in [-0.1, -0.05) is 0 Å². The fraction of sp³-hybridized carbons (Fsp3) is 0.500. The Labute approximate surface area is 46.7 Å². The Bertz CT molecular complexity index is 5.61. The number of unbranched alkanes of at least 4 members (excludes halogenated alkanes) is 1. The first-order chi connectivity index (χ1) is 1.91. The van der Waals surface area contributed by atoms with Crippen LogP contribution < -0.4 is 0 Å². The van der Waals surface area contributed by atoms with Crippen molar-refractivity contribution < 1.29 is 19.5 Å². The third kappa shape index (κ3) is 12.1. The maximum atomic E-state index is 3.54. The van der Waals surface area contributed by atoms with Crippen molar-refractivity contribution >= 4 is 0 Å². The molecule has 0 unspecified atom stereocenters. The van der Waals surface area contributed by atoms with E-state index in [1.54, 1.807) is 0 Å². The van der Waals surface area contributed by atoms with Crippen molar-refractivity contribution in [1.82, 2.24) is 0 Å². The van der Waals surface area contributed by atoms with Crippen LogP contribution in [0.5, 0.6) is 0 Å². The summed E-state index contributed by atoms with van der Waals surface area (Å²) >= 11 is 0. The van der Waals surface area contributed by atoms with Gasteiger partial charge in [0.1, 0.15) is 0 Å². The first-order valence-corrected chi connectivity index (χ1v) is 1.50. The zero-order chi connectivity index (χ0) is 3.41. The fourth-order valence-electron chi connectivity index (χ4n) is 0. The summed E-state index contributed by atoms with van der Waals surface area (Å²) in [6.07, 6.45) is 1.92. The number of hydrogen-bond donors (Lipinski definition) is 0. The summed E-state index contributed by atoms with van der Waals surface area (Å²) in [5.41, 5.74) is 0. The number of rotatable bonds is 1. The van der Waals surface area contributed by atoms with E-state index in [9.17, 15) is 0 Å². The van der Waals surface area contributed by atoms with Crippen LogP contribution in [0.1, 0.15) is 12.8 Å². The maximum Gasteiger partial charge on any atom is 2.00 e. The Hall–Kier alpha value is 0.623. The van der Waals surface area contributed by atoms with Gasteiger partial charge in [0.05, 0.1) is 0 Å². The van der Waals surface area contributed by atoms with E-state index < -0.39 is 0 Å². The molecule has 0 nitrogen and oxygen atoms in total. The first kappa shape index (κ1) is 9.16. The van der Waals surface area contributed by atoms with Crippen molar-refractivity contribution in [1.29, 1.82) is 0 Å². The molecule has 0 saturated heterocycles. The van der Waals surface area contributed by atoms with E-state index in [-0.39, 0.29) is 19.5 Å². The smallest absolute Gasteiger partial charge is 0.346 e. The Morgan fingerprint density at radius 3 is 1.20 bits per heavy atom. The van der Waals surface area contributed by atoms with E-state index in [0.29, 0.717) is 0 Å². The van der Waals surface area contributed by atoms with Crippen LogP contribution in [-0.4, -0.2) is 0 Å². The fourth-order valence-corrected chi connectivity index (χ4v) is 0. The van der Waals surface area contributed by atoms with Crippen LogP contribution in [-0.2, 0) is 19.5 Å². The Morgan fingerprint density at radius 2 is 1.20 bits per heavy atom. The van der Waals surface area contributed by atoms with Gasteiger partial charge >= 0.3 is 19.5 Å². The molecule has 0 rings (SSSR count). The largest absolute Gasteiger partial charge is 2.00 e. The van der Waals surface area contributed by atoms with Crippen LogP contribution in [0.25, 0.3) is 0 Å². The zero-order valence-corrected chi connectivity index (χ0v) is 6.50. The molecule has 1 heteroatoms. The van der Waals surface area contributed by atoms with Crippen LogP contribution >= 0.6 is 0 Å². The molecule has 0 atom stereocenters. The molecule has 0 saturated carbocycles. The molecule has 0 fully saturated rings. The maximum absolute atomic E-state index is 3.54. The van der Waals surface area contributed by atoms with Crippen LogP contribution in [0.4, 0.5) is 0 Å². The minimum atomic E-state index is 0. The Balaban J connectivity index is 0.